The molecular formula is C24H25N3O4S. The standard InChI is InChI=1S/C24H25N3O4S/c28-23(26-21-8-2-1-3-9-21)17-25-24(29)19-12-14-27(15-13-19)32(30,31)22-11-10-18-6-4-5-7-20(18)16-22/h1-11,16,19H,12-15,17H2,(H,25,29)(H,26,28). The quantitative estimate of drug-likeness (QED) is 0.602. The lowest BCUT2D eigenvalue weighted by atomic mass is 9.97. The second-order valence-electron chi connectivity index (χ2n) is 7.82. The van der Waals surface area contributed by atoms with Gasteiger partial charge in [-0.1, -0.05) is 48.5 Å². The Hall–Kier alpha value is -3.23. The minimum absolute atomic E-state index is 0.122. The van der Waals surface area contributed by atoms with Gasteiger partial charge in [-0.25, -0.2) is 8.42 Å². The van der Waals surface area contributed by atoms with E-state index in [4.69, 9.17) is 0 Å². The Bertz CT molecular complexity index is 1220. The number of nitrogens with zero attached hydrogens (tertiary/aromatic N) is 1. The van der Waals surface area contributed by atoms with E-state index >= 15 is 0 Å². The molecule has 0 spiro atoms. The second kappa shape index (κ2) is 9.50. The number of anilines is 1. The lowest BCUT2D eigenvalue weighted by Crippen LogP contribution is -2.44. The van der Waals surface area contributed by atoms with Crippen molar-refractivity contribution < 1.29 is 18.0 Å². The summed E-state index contributed by atoms with van der Waals surface area (Å²) in [5, 5.41) is 7.23. The highest BCUT2D eigenvalue weighted by Gasteiger charge is 2.32. The van der Waals surface area contributed by atoms with E-state index < -0.39 is 10.0 Å². The molecule has 1 heterocycles. The van der Waals surface area contributed by atoms with Crippen molar-refractivity contribution >= 4 is 38.3 Å². The van der Waals surface area contributed by atoms with Gasteiger partial charge in [0.1, 0.15) is 0 Å². The van der Waals surface area contributed by atoms with Crippen LogP contribution >= 0.6 is 0 Å². The molecule has 3 aromatic carbocycles. The van der Waals surface area contributed by atoms with Crippen molar-refractivity contribution in [1.82, 2.24) is 9.62 Å². The maximum absolute atomic E-state index is 13.1. The topological polar surface area (TPSA) is 95.6 Å². The number of sulfonamides is 1. The average molecular weight is 452 g/mol. The summed E-state index contributed by atoms with van der Waals surface area (Å²) in [7, 11) is -3.63. The van der Waals surface area contributed by atoms with Crippen LogP contribution in [0.3, 0.4) is 0 Å². The number of benzene rings is 3. The van der Waals surface area contributed by atoms with Crippen LogP contribution in [0.4, 0.5) is 5.69 Å². The van der Waals surface area contributed by atoms with Crippen LogP contribution in [0.5, 0.6) is 0 Å². The third-order valence-electron chi connectivity index (χ3n) is 5.66. The normalized spacial score (nSPS) is 15.4. The summed E-state index contributed by atoms with van der Waals surface area (Å²) in [6.07, 6.45) is 0.831. The highest BCUT2D eigenvalue weighted by molar-refractivity contribution is 7.89. The van der Waals surface area contributed by atoms with E-state index in [0.29, 0.717) is 18.5 Å². The summed E-state index contributed by atoms with van der Waals surface area (Å²) >= 11 is 0. The fourth-order valence-corrected chi connectivity index (χ4v) is 5.38. The molecule has 166 valence electrons. The van der Waals surface area contributed by atoms with Crippen LogP contribution in [-0.4, -0.2) is 44.2 Å². The van der Waals surface area contributed by atoms with Crippen molar-refractivity contribution in [3.05, 3.63) is 72.8 Å². The number of hydrogen-bond acceptors (Lipinski definition) is 4. The lowest BCUT2D eigenvalue weighted by molar-refractivity contribution is -0.128. The van der Waals surface area contributed by atoms with Crippen LogP contribution < -0.4 is 10.6 Å². The molecule has 0 bridgehead atoms. The van der Waals surface area contributed by atoms with Gasteiger partial charge in [-0.3, -0.25) is 9.59 Å². The van der Waals surface area contributed by atoms with Gasteiger partial charge in [0, 0.05) is 24.7 Å². The van der Waals surface area contributed by atoms with Gasteiger partial charge in [-0.05, 0) is 47.9 Å². The Morgan fingerprint density at radius 2 is 1.53 bits per heavy atom. The van der Waals surface area contributed by atoms with E-state index in [-0.39, 0.29) is 42.3 Å². The van der Waals surface area contributed by atoms with E-state index in [1.165, 1.54) is 4.31 Å². The first kappa shape index (κ1) is 22.0. The van der Waals surface area contributed by atoms with Gasteiger partial charge >= 0.3 is 0 Å². The largest absolute Gasteiger partial charge is 0.347 e. The second-order valence-corrected chi connectivity index (χ2v) is 9.76. The lowest BCUT2D eigenvalue weighted by Gasteiger charge is -2.30. The number of hydrogen-bond donors (Lipinski definition) is 2. The molecule has 32 heavy (non-hydrogen) atoms. The van der Waals surface area contributed by atoms with Crippen LogP contribution in [0.1, 0.15) is 12.8 Å². The van der Waals surface area contributed by atoms with Crippen molar-refractivity contribution in [1.29, 1.82) is 0 Å². The fourth-order valence-electron chi connectivity index (χ4n) is 3.87. The average Bonchev–Trinajstić information content (AvgIpc) is 2.83. The van der Waals surface area contributed by atoms with Crippen LogP contribution in [0.15, 0.2) is 77.7 Å². The molecule has 0 aromatic heterocycles. The summed E-state index contributed by atoms with van der Waals surface area (Å²) in [6.45, 7) is 0.413. The Balaban J connectivity index is 1.30. The van der Waals surface area contributed by atoms with E-state index in [2.05, 4.69) is 10.6 Å². The van der Waals surface area contributed by atoms with Crippen LogP contribution in [0.2, 0.25) is 0 Å². The van der Waals surface area contributed by atoms with Crippen LogP contribution in [0.25, 0.3) is 10.8 Å². The highest BCUT2D eigenvalue weighted by atomic mass is 32.2. The molecule has 0 radical (unpaired) electrons. The molecule has 1 aliphatic heterocycles. The first-order valence-electron chi connectivity index (χ1n) is 10.5. The van der Waals surface area contributed by atoms with Gasteiger partial charge < -0.3 is 10.6 Å². The maximum Gasteiger partial charge on any atom is 0.243 e. The predicted octanol–water partition coefficient (Wildman–Crippen LogP) is 3.00. The van der Waals surface area contributed by atoms with Crippen LogP contribution in [-0.2, 0) is 19.6 Å². The Kier molecular flexibility index (Phi) is 6.53. The van der Waals surface area contributed by atoms with Gasteiger partial charge in [-0.15, -0.1) is 0 Å². The van der Waals surface area contributed by atoms with Gasteiger partial charge in [0.05, 0.1) is 11.4 Å². The maximum atomic E-state index is 13.1. The summed E-state index contributed by atoms with van der Waals surface area (Å²) in [5.74, 6) is -0.848. The molecular weight excluding hydrogens is 426 g/mol. The molecule has 7 nitrogen and oxygen atoms in total. The fraction of sp³-hybridized carbons (Fsp3) is 0.250. The van der Waals surface area contributed by atoms with Crippen molar-refractivity contribution in [2.24, 2.45) is 5.92 Å². The number of carbonyl (C=O) groups excluding carboxylic acids is 2. The van der Waals surface area contributed by atoms with Crippen molar-refractivity contribution in [3.8, 4) is 0 Å². The Morgan fingerprint density at radius 1 is 0.875 bits per heavy atom. The number of piperidine rings is 1. The predicted molar refractivity (Wildman–Crippen MR) is 124 cm³/mol. The van der Waals surface area contributed by atoms with Gasteiger partial charge in [-0.2, -0.15) is 4.31 Å². The molecule has 2 N–H and O–H groups in total. The smallest absolute Gasteiger partial charge is 0.243 e. The summed E-state index contributed by atoms with van der Waals surface area (Å²) in [4.78, 5) is 24.7. The molecule has 1 saturated heterocycles. The molecule has 0 atom stereocenters. The number of nitrogens with one attached hydrogen (secondary N) is 2. The minimum atomic E-state index is -3.63. The van der Waals surface area contributed by atoms with Gasteiger partial charge in [0.15, 0.2) is 0 Å². The van der Waals surface area contributed by atoms with Crippen LogP contribution in [0, 0.1) is 5.92 Å². The number of rotatable bonds is 6. The number of amides is 2. The molecule has 8 heteroatoms. The van der Waals surface area contributed by atoms with E-state index in [9.17, 15) is 18.0 Å². The zero-order chi connectivity index (χ0) is 22.6. The molecule has 0 saturated carbocycles. The zero-order valence-corrected chi connectivity index (χ0v) is 18.3. The SMILES string of the molecule is O=C(CNC(=O)C1CCN(S(=O)(=O)c2ccc3ccccc3c2)CC1)Nc1ccccc1. The van der Waals surface area contributed by atoms with Crippen molar-refractivity contribution in [2.75, 3.05) is 25.0 Å². The van der Waals surface area contributed by atoms with E-state index in [0.717, 1.165) is 10.8 Å². The first-order chi connectivity index (χ1) is 15.4. The third-order valence-corrected chi connectivity index (χ3v) is 7.56. The molecule has 0 aliphatic carbocycles. The summed E-state index contributed by atoms with van der Waals surface area (Å²) in [6, 6.07) is 21.8. The molecule has 1 aliphatic rings. The molecule has 3 aromatic rings. The molecule has 1 fully saturated rings. The minimum Gasteiger partial charge on any atom is -0.347 e. The Morgan fingerprint density at radius 3 is 2.25 bits per heavy atom. The third kappa shape index (κ3) is 4.98. The molecule has 0 unspecified atom stereocenters. The number of carbonyl (C=O) groups is 2. The summed E-state index contributed by atoms with van der Waals surface area (Å²) < 4.78 is 27.6. The number of para-hydroxylation sites is 1. The van der Waals surface area contributed by atoms with Crippen molar-refractivity contribution in [3.63, 3.8) is 0 Å². The Labute approximate surface area is 187 Å². The molecule has 2 amide bonds. The van der Waals surface area contributed by atoms with Gasteiger partial charge in [0.2, 0.25) is 21.8 Å². The van der Waals surface area contributed by atoms with Gasteiger partial charge in [0.25, 0.3) is 0 Å². The zero-order valence-electron chi connectivity index (χ0n) is 17.5. The summed E-state index contributed by atoms with van der Waals surface area (Å²) in [5.41, 5.74) is 0.666. The monoisotopic (exact) mass is 451 g/mol. The highest BCUT2D eigenvalue weighted by Crippen LogP contribution is 2.26. The van der Waals surface area contributed by atoms with Crippen molar-refractivity contribution in [2.45, 2.75) is 17.7 Å². The van der Waals surface area contributed by atoms with E-state index in [1.807, 2.05) is 48.5 Å². The first-order valence-corrected chi connectivity index (χ1v) is 12.0. The molecule has 4 rings (SSSR count). The van der Waals surface area contributed by atoms with E-state index in [1.54, 1.807) is 24.3 Å². The number of fused-ring (bicyclic) bond motifs is 1.